The molecule has 0 spiro atoms. The van der Waals surface area contributed by atoms with Crippen LogP contribution in [0.1, 0.15) is 5.56 Å². The van der Waals surface area contributed by atoms with Crippen molar-refractivity contribution in [1.82, 2.24) is 19.0 Å². The highest BCUT2D eigenvalue weighted by Gasteiger charge is 2.27. The molecule has 0 aliphatic carbocycles. The van der Waals surface area contributed by atoms with Gasteiger partial charge in [-0.05, 0) is 37.4 Å². The minimum absolute atomic E-state index is 0.0946. The standard InChI is InChI=1S/C24H29N5O5S/c1-27(16-19-15-25-29(17-19)20-6-4-3-5-7-20)18-24(30)26-22-14-21(8-9-23(22)33-2)35(31,32)28-10-12-34-13-11-28/h3-9,14-15,17H,10-13,16,18H2,1-2H3,(H,26,30). The molecule has 2 heterocycles. The van der Waals surface area contributed by atoms with Gasteiger partial charge in [0.25, 0.3) is 0 Å². The summed E-state index contributed by atoms with van der Waals surface area (Å²) in [5, 5.41) is 7.18. The van der Waals surface area contributed by atoms with E-state index in [2.05, 4.69) is 10.4 Å². The molecule has 1 N–H and O–H groups in total. The Hall–Kier alpha value is -3.25. The number of para-hydroxylation sites is 1. The molecule has 0 saturated carbocycles. The zero-order valence-corrected chi connectivity index (χ0v) is 20.6. The minimum atomic E-state index is -3.70. The first-order valence-electron chi connectivity index (χ1n) is 11.2. The van der Waals surface area contributed by atoms with Gasteiger partial charge in [-0.25, -0.2) is 13.1 Å². The summed E-state index contributed by atoms with van der Waals surface area (Å²) < 4.78 is 39.8. The number of benzene rings is 2. The number of morpholine rings is 1. The first-order chi connectivity index (χ1) is 16.9. The van der Waals surface area contributed by atoms with Gasteiger partial charge in [-0.2, -0.15) is 9.40 Å². The lowest BCUT2D eigenvalue weighted by molar-refractivity contribution is -0.117. The molecule has 11 heteroatoms. The normalized spacial score (nSPS) is 14.7. The van der Waals surface area contributed by atoms with Gasteiger partial charge in [0.2, 0.25) is 15.9 Å². The molecule has 2 aromatic carbocycles. The first-order valence-corrected chi connectivity index (χ1v) is 12.6. The molecule has 0 atom stereocenters. The van der Waals surface area contributed by atoms with Crippen LogP contribution in [0.4, 0.5) is 5.69 Å². The van der Waals surface area contributed by atoms with Gasteiger partial charge in [0, 0.05) is 31.4 Å². The summed E-state index contributed by atoms with van der Waals surface area (Å²) in [7, 11) is -0.404. The Balaban J connectivity index is 1.41. The smallest absolute Gasteiger partial charge is 0.243 e. The van der Waals surface area contributed by atoms with Crippen molar-refractivity contribution in [3.05, 3.63) is 66.5 Å². The second kappa shape index (κ2) is 11.0. The summed E-state index contributed by atoms with van der Waals surface area (Å²) in [4.78, 5) is 14.7. The number of rotatable bonds is 9. The average molecular weight is 500 g/mol. The number of likely N-dealkylation sites (N-methyl/N-ethyl adjacent to an activating group) is 1. The van der Waals surface area contributed by atoms with E-state index in [1.54, 1.807) is 16.9 Å². The lowest BCUT2D eigenvalue weighted by Crippen LogP contribution is -2.40. The van der Waals surface area contributed by atoms with E-state index in [-0.39, 0.29) is 17.3 Å². The third-order valence-corrected chi connectivity index (χ3v) is 7.47. The van der Waals surface area contributed by atoms with E-state index in [1.807, 2.05) is 48.5 Å². The van der Waals surface area contributed by atoms with Gasteiger partial charge in [0.05, 0.1) is 49.3 Å². The van der Waals surface area contributed by atoms with Crippen molar-refractivity contribution in [2.75, 3.05) is 52.3 Å². The Morgan fingerprint density at radius 1 is 1.17 bits per heavy atom. The fraction of sp³-hybridized carbons (Fsp3) is 0.333. The molecule has 0 unspecified atom stereocenters. The topological polar surface area (TPSA) is 106 Å². The molecule has 1 fully saturated rings. The summed E-state index contributed by atoms with van der Waals surface area (Å²) >= 11 is 0. The van der Waals surface area contributed by atoms with E-state index < -0.39 is 10.0 Å². The lowest BCUT2D eigenvalue weighted by Gasteiger charge is -2.26. The summed E-state index contributed by atoms with van der Waals surface area (Å²) in [5.41, 5.74) is 2.22. The molecule has 0 bridgehead atoms. The molecule has 1 amide bonds. The number of hydrogen-bond donors (Lipinski definition) is 1. The zero-order valence-electron chi connectivity index (χ0n) is 19.8. The van der Waals surface area contributed by atoms with Crippen LogP contribution in [-0.2, 0) is 26.1 Å². The maximum Gasteiger partial charge on any atom is 0.243 e. The number of nitrogens with zero attached hydrogens (tertiary/aromatic N) is 4. The summed E-state index contributed by atoms with van der Waals surface area (Å²) in [6.45, 7) is 1.91. The maximum absolute atomic E-state index is 13.0. The third kappa shape index (κ3) is 6.06. The van der Waals surface area contributed by atoms with Crippen LogP contribution in [0.5, 0.6) is 5.75 Å². The Bertz CT molecular complexity index is 1260. The molecule has 1 aromatic heterocycles. The number of nitrogens with one attached hydrogen (secondary N) is 1. The number of hydrogen-bond acceptors (Lipinski definition) is 7. The molecule has 35 heavy (non-hydrogen) atoms. The number of ether oxygens (including phenoxy) is 2. The third-order valence-electron chi connectivity index (χ3n) is 5.58. The predicted octanol–water partition coefficient (Wildman–Crippen LogP) is 1.97. The minimum Gasteiger partial charge on any atom is -0.495 e. The molecule has 186 valence electrons. The lowest BCUT2D eigenvalue weighted by atomic mass is 10.3. The highest BCUT2D eigenvalue weighted by Crippen LogP contribution is 2.29. The van der Waals surface area contributed by atoms with Crippen LogP contribution in [0.15, 0.2) is 65.8 Å². The van der Waals surface area contributed by atoms with Gasteiger partial charge in [0.1, 0.15) is 5.75 Å². The Kier molecular flexibility index (Phi) is 7.81. The number of aromatic nitrogens is 2. The molecule has 1 aliphatic heterocycles. The van der Waals surface area contributed by atoms with Gasteiger partial charge >= 0.3 is 0 Å². The molecule has 10 nitrogen and oxygen atoms in total. The van der Waals surface area contributed by atoms with Crippen LogP contribution in [0.2, 0.25) is 0 Å². The summed E-state index contributed by atoms with van der Waals surface area (Å²) in [5.74, 6) is 0.0910. The summed E-state index contributed by atoms with van der Waals surface area (Å²) in [6, 6.07) is 14.2. The number of sulfonamides is 1. The van der Waals surface area contributed by atoms with Crippen LogP contribution in [0, 0.1) is 0 Å². The number of methoxy groups -OCH3 is 1. The van der Waals surface area contributed by atoms with E-state index in [1.165, 1.54) is 23.5 Å². The molecule has 1 saturated heterocycles. The van der Waals surface area contributed by atoms with Crippen molar-refractivity contribution in [2.24, 2.45) is 0 Å². The Labute approximate surface area is 205 Å². The highest BCUT2D eigenvalue weighted by atomic mass is 32.2. The van der Waals surface area contributed by atoms with Crippen molar-refractivity contribution in [1.29, 1.82) is 0 Å². The fourth-order valence-corrected chi connectivity index (χ4v) is 5.28. The van der Waals surface area contributed by atoms with E-state index in [4.69, 9.17) is 9.47 Å². The molecule has 0 radical (unpaired) electrons. The van der Waals surface area contributed by atoms with E-state index >= 15 is 0 Å². The van der Waals surface area contributed by atoms with Gasteiger partial charge in [-0.3, -0.25) is 9.69 Å². The van der Waals surface area contributed by atoms with Crippen molar-refractivity contribution < 1.29 is 22.7 Å². The van der Waals surface area contributed by atoms with Crippen LogP contribution < -0.4 is 10.1 Å². The van der Waals surface area contributed by atoms with Crippen LogP contribution in [0.25, 0.3) is 5.69 Å². The summed E-state index contributed by atoms with van der Waals surface area (Å²) in [6.07, 6.45) is 3.69. The van der Waals surface area contributed by atoms with Crippen LogP contribution >= 0.6 is 0 Å². The molecule has 3 aromatic rings. The van der Waals surface area contributed by atoms with E-state index in [9.17, 15) is 13.2 Å². The maximum atomic E-state index is 13.0. The quantitative estimate of drug-likeness (QED) is 0.480. The predicted molar refractivity (Wildman–Crippen MR) is 131 cm³/mol. The van der Waals surface area contributed by atoms with E-state index in [0.29, 0.717) is 44.3 Å². The van der Waals surface area contributed by atoms with Gasteiger partial charge < -0.3 is 14.8 Å². The van der Waals surface area contributed by atoms with Crippen LogP contribution in [0.3, 0.4) is 0 Å². The van der Waals surface area contributed by atoms with Crippen molar-refractivity contribution in [3.63, 3.8) is 0 Å². The second-order valence-electron chi connectivity index (χ2n) is 8.23. The van der Waals surface area contributed by atoms with Crippen molar-refractivity contribution >= 4 is 21.6 Å². The Morgan fingerprint density at radius 3 is 2.63 bits per heavy atom. The molecule has 1 aliphatic rings. The molecule has 4 rings (SSSR count). The largest absolute Gasteiger partial charge is 0.495 e. The highest BCUT2D eigenvalue weighted by molar-refractivity contribution is 7.89. The van der Waals surface area contributed by atoms with Crippen LogP contribution in [-0.4, -0.2) is 80.3 Å². The molecular weight excluding hydrogens is 470 g/mol. The first kappa shape index (κ1) is 24.9. The van der Waals surface area contributed by atoms with Gasteiger partial charge in [-0.1, -0.05) is 18.2 Å². The van der Waals surface area contributed by atoms with Crippen molar-refractivity contribution in [2.45, 2.75) is 11.4 Å². The molecular formula is C24H29N5O5S. The second-order valence-corrected chi connectivity index (χ2v) is 10.2. The van der Waals surface area contributed by atoms with Crippen molar-refractivity contribution in [3.8, 4) is 11.4 Å². The average Bonchev–Trinajstić information content (AvgIpc) is 3.33. The SMILES string of the molecule is COc1ccc(S(=O)(=O)N2CCOCC2)cc1NC(=O)CN(C)Cc1cnn(-c2ccccc2)c1. The monoisotopic (exact) mass is 499 g/mol. The number of anilines is 1. The number of carbonyl (C=O) groups is 1. The fourth-order valence-electron chi connectivity index (χ4n) is 3.85. The number of amides is 1. The van der Waals surface area contributed by atoms with Gasteiger partial charge in [-0.15, -0.1) is 0 Å². The van der Waals surface area contributed by atoms with E-state index in [0.717, 1.165) is 11.3 Å². The number of carbonyl (C=O) groups excluding carboxylic acids is 1. The van der Waals surface area contributed by atoms with Gasteiger partial charge in [0.15, 0.2) is 0 Å². The Morgan fingerprint density at radius 2 is 1.91 bits per heavy atom. The zero-order chi connectivity index (χ0) is 24.8.